The molecule has 0 aliphatic carbocycles. The van der Waals surface area contributed by atoms with E-state index in [1.807, 2.05) is 55.5 Å². The molecule has 29 heavy (non-hydrogen) atoms. The summed E-state index contributed by atoms with van der Waals surface area (Å²) in [6.45, 7) is 2.00. The van der Waals surface area contributed by atoms with Crippen molar-refractivity contribution in [2.45, 2.75) is 13.3 Å². The highest BCUT2D eigenvalue weighted by Gasteiger charge is 2.10. The molecule has 0 bridgehead atoms. The van der Waals surface area contributed by atoms with Gasteiger partial charge >= 0.3 is 11.9 Å². The summed E-state index contributed by atoms with van der Waals surface area (Å²) in [5.41, 5.74) is 2.44. The van der Waals surface area contributed by atoms with Gasteiger partial charge in [-0.1, -0.05) is 48.5 Å². The van der Waals surface area contributed by atoms with Gasteiger partial charge in [0.05, 0.1) is 12.2 Å². The predicted molar refractivity (Wildman–Crippen MR) is 109 cm³/mol. The fraction of sp³-hybridized carbons (Fsp3) is 0.167. The number of esters is 2. The summed E-state index contributed by atoms with van der Waals surface area (Å²) in [5, 5.41) is 0. The van der Waals surface area contributed by atoms with Crippen LogP contribution < -0.4 is 9.47 Å². The van der Waals surface area contributed by atoms with E-state index >= 15 is 0 Å². The summed E-state index contributed by atoms with van der Waals surface area (Å²) in [6.07, 6.45) is 0.656. The lowest BCUT2D eigenvalue weighted by Crippen LogP contribution is -2.18. The zero-order valence-electron chi connectivity index (χ0n) is 16.2. The molecular formula is C24H22O5. The van der Waals surface area contributed by atoms with Gasteiger partial charge in [-0.3, -0.25) is 0 Å². The van der Waals surface area contributed by atoms with Crippen molar-refractivity contribution in [3.63, 3.8) is 0 Å². The van der Waals surface area contributed by atoms with Gasteiger partial charge in [0, 0.05) is 6.42 Å². The van der Waals surface area contributed by atoms with Gasteiger partial charge in [-0.2, -0.15) is 0 Å². The molecule has 0 unspecified atom stereocenters. The smallest absolute Gasteiger partial charge is 0.349 e. The molecule has 0 saturated carbocycles. The molecule has 5 heteroatoms. The number of hydrogen-bond donors (Lipinski definition) is 0. The van der Waals surface area contributed by atoms with Crippen molar-refractivity contribution in [3.8, 4) is 11.5 Å². The fourth-order valence-corrected chi connectivity index (χ4v) is 2.66. The van der Waals surface area contributed by atoms with Gasteiger partial charge in [0.25, 0.3) is 0 Å². The third-order valence-corrected chi connectivity index (χ3v) is 4.23. The Kier molecular flexibility index (Phi) is 7.00. The van der Waals surface area contributed by atoms with Gasteiger partial charge in [-0.15, -0.1) is 0 Å². The molecular weight excluding hydrogens is 368 g/mol. The molecule has 0 aliphatic heterocycles. The molecule has 0 radical (unpaired) electrons. The number of carbonyl (C=O) groups is 2. The zero-order chi connectivity index (χ0) is 20.5. The van der Waals surface area contributed by atoms with E-state index in [-0.39, 0.29) is 6.61 Å². The Morgan fingerprint density at radius 1 is 0.828 bits per heavy atom. The molecule has 5 nitrogen and oxygen atoms in total. The number of hydrogen-bond acceptors (Lipinski definition) is 5. The molecule has 0 fully saturated rings. The summed E-state index contributed by atoms with van der Waals surface area (Å²) >= 11 is 0. The second-order valence-corrected chi connectivity index (χ2v) is 6.42. The van der Waals surface area contributed by atoms with Crippen molar-refractivity contribution in [2.75, 3.05) is 13.2 Å². The number of ether oxygens (including phenoxy) is 3. The molecule has 3 rings (SSSR count). The van der Waals surface area contributed by atoms with Crippen LogP contribution in [0.1, 0.15) is 21.5 Å². The quantitative estimate of drug-likeness (QED) is 0.422. The molecule has 0 aliphatic rings. The Hall–Kier alpha value is -3.60. The lowest BCUT2D eigenvalue weighted by atomic mass is 10.2. The van der Waals surface area contributed by atoms with Gasteiger partial charge in [0.15, 0.2) is 6.61 Å². The van der Waals surface area contributed by atoms with E-state index < -0.39 is 11.9 Å². The van der Waals surface area contributed by atoms with Gasteiger partial charge in [0.1, 0.15) is 11.5 Å². The number of rotatable bonds is 8. The number of benzene rings is 3. The van der Waals surface area contributed by atoms with Gasteiger partial charge < -0.3 is 14.2 Å². The Bertz CT molecular complexity index is 949. The third kappa shape index (κ3) is 6.21. The van der Waals surface area contributed by atoms with Crippen molar-refractivity contribution in [3.05, 3.63) is 95.6 Å². The Labute approximate surface area is 169 Å². The molecule has 148 valence electrons. The van der Waals surface area contributed by atoms with Gasteiger partial charge in [-0.05, 0) is 48.4 Å². The topological polar surface area (TPSA) is 61.8 Å². The van der Waals surface area contributed by atoms with Crippen LogP contribution in [0.2, 0.25) is 0 Å². The maximum Gasteiger partial charge on any atom is 0.349 e. The molecule has 3 aromatic carbocycles. The first kappa shape index (κ1) is 20.1. The minimum atomic E-state index is -0.522. The van der Waals surface area contributed by atoms with Crippen molar-refractivity contribution >= 4 is 11.9 Å². The van der Waals surface area contributed by atoms with Crippen LogP contribution in [0, 0.1) is 6.92 Å². The third-order valence-electron chi connectivity index (χ3n) is 4.23. The normalized spacial score (nSPS) is 10.2. The van der Waals surface area contributed by atoms with Crippen LogP contribution in [-0.4, -0.2) is 25.2 Å². The molecule has 0 heterocycles. The van der Waals surface area contributed by atoms with Crippen molar-refractivity contribution in [2.24, 2.45) is 0 Å². The second kappa shape index (κ2) is 10.1. The summed E-state index contributed by atoms with van der Waals surface area (Å²) in [6, 6.07) is 23.5. The largest absolute Gasteiger partial charge is 0.482 e. The van der Waals surface area contributed by atoms with Crippen LogP contribution in [0.25, 0.3) is 0 Å². The van der Waals surface area contributed by atoms with Crippen molar-refractivity contribution < 1.29 is 23.8 Å². The lowest BCUT2D eigenvalue weighted by Gasteiger charge is -2.09. The van der Waals surface area contributed by atoms with Crippen LogP contribution in [0.4, 0.5) is 0 Å². The SMILES string of the molecule is Cc1ccccc1OCC(=O)Oc1ccc(C(=O)OCCc2ccccc2)cc1. The average Bonchev–Trinajstić information content (AvgIpc) is 2.74. The first-order chi connectivity index (χ1) is 14.1. The van der Waals surface area contributed by atoms with Crippen LogP contribution in [0.3, 0.4) is 0 Å². The molecule has 3 aromatic rings. The lowest BCUT2D eigenvalue weighted by molar-refractivity contribution is -0.136. The molecule has 0 amide bonds. The van der Waals surface area contributed by atoms with Crippen molar-refractivity contribution in [1.82, 2.24) is 0 Å². The highest BCUT2D eigenvalue weighted by Crippen LogP contribution is 2.17. The van der Waals surface area contributed by atoms with E-state index in [1.54, 1.807) is 30.3 Å². The van der Waals surface area contributed by atoms with E-state index in [2.05, 4.69) is 0 Å². The van der Waals surface area contributed by atoms with Gasteiger partial charge in [-0.25, -0.2) is 9.59 Å². The second-order valence-electron chi connectivity index (χ2n) is 6.42. The van der Waals surface area contributed by atoms with E-state index in [1.165, 1.54) is 0 Å². The molecule has 0 spiro atoms. The number of para-hydroxylation sites is 1. The van der Waals surface area contributed by atoms with Crippen LogP contribution >= 0.6 is 0 Å². The maximum atomic E-state index is 12.1. The minimum absolute atomic E-state index is 0.200. The van der Waals surface area contributed by atoms with Gasteiger partial charge in [0.2, 0.25) is 0 Å². The molecule has 0 saturated heterocycles. The summed E-state index contributed by atoms with van der Waals surface area (Å²) < 4.78 is 16.0. The monoisotopic (exact) mass is 390 g/mol. The van der Waals surface area contributed by atoms with E-state index in [9.17, 15) is 9.59 Å². The molecule has 0 atom stereocenters. The predicted octanol–water partition coefficient (Wildman–Crippen LogP) is 4.38. The average molecular weight is 390 g/mol. The van der Waals surface area contributed by atoms with Crippen molar-refractivity contribution in [1.29, 1.82) is 0 Å². The summed E-state index contributed by atoms with van der Waals surface area (Å²) in [7, 11) is 0. The highest BCUT2D eigenvalue weighted by atomic mass is 16.6. The van der Waals surface area contributed by atoms with Crippen LogP contribution in [-0.2, 0) is 16.0 Å². The number of aryl methyl sites for hydroxylation is 1. The van der Waals surface area contributed by atoms with E-state index in [4.69, 9.17) is 14.2 Å². The van der Waals surface area contributed by atoms with E-state index in [0.717, 1.165) is 11.1 Å². The summed E-state index contributed by atoms with van der Waals surface area (Å²) in [4.78, 5) is 24.1. The molecule has 0 aromatic heterocycles. The zero-order valence-corrected chi connectivity index (χ0v) is 16.2. The standard InChI is InChI=1S/C24H22O5/c1-18-7-5-6-10-22(18)28-17-23(25)29-21-13-11-20(12-14-21)24(26)27-16-15-19-8-3-2-4-9-19/h2-14H,15-17H2,1H3. The fourth-order valence-electron chi connectivity index (χ4n) is 2.66. The molecule has 0 N–H and O–H groups in total. The van der Waals surface area contributed by atoms with Crippen LogP contribution in [0.5, 0.6) is 11.5 Å². The van der Waals surface area contributed by atoms with Crippen LogP contribution in [0.15, 0.2) is 78.9 Å². The minimum Gasteiger partial charge on any atom is -0.482 e. The summed E-state index contributed by atoms with van der Waals surface area (Å²) in [5.74, 6) is 0.0374. The Morgan fingerprint density at radius 3 is 2.24 bits per heavy atom. The first-order valence-corrected chi connectivity index (χ1v) is 9.32. The number of carbonyl (C=O) groups excluding carboxylic acids is 2. The Balaban J connectivity index is 1.44. The maximum absolute atomic E-state index is 12.1. The highest BCUT2D eigenvalue weighted by molar-refractivity contribution is 5.89. The van der Waals surface area contributed by atoms with E-state index in [0.29, 0.717) is 30.1 Å². The Morgan fingerprint density at radius 2 is 1.52 bits per heavy atom. The first-order valence-electron chi connectivity index (χ1n) is 9.32.